The van der Waals surface area contributed by atoms with Crippen LogP contribution in [0.4, 0.5) is 4.39 Å². The number of rotatable bonds is 4. The zero-order valence-corrected chi connectivity index (χ0v) is 14.1. The van der Waals surface area contributed by atoms with Gasteiger partial charge in [0.15, 0.2) is 10.8 Å². The predicted octanol–water partition coefficient (Wildman–Crippen LogP) is 3.13. The van der Waals surface area contributed by atoms with Crippen LogP contribution < -0.4 is 5.32 Å². The fourth-order valence-electron chi connectivity index (χ4n) is 2.46. The van der Waals surface area contributed by atoms with E-state index in [0.717, 1.165) is 0 Å². The first kappa shape index (κ1) is 16.3. The van der Waals surface area contributed by atoms with E-state index >= 15 is 0 Å². The second kappa shape index (κ2) is 6.92. The Bertz CT molecular complexity index is 815. The molecule has 1 aliphatic heterocycles. The van der Waals surface area contributed by atoms with Gasteiger partial charge in [-0.25, -0.2) is 14.2 Å². The van der Waals surface area contributed by atoms with E-state index in [9.17, 15) is 9.18 Å². The Hall–Kier alpha value is -2.54. The summed E-state index contributed by atoms with van der Waals surface area (Å²) in [6.45, 7) is 3.67. The van der Waals surface area contributed by atoms with Crippen molar-refractivity contribution < 1.29 is 13.9 Å². The number of esters is 1. The molecule has 1 atom stereocenters. The average Bonchev–Trinajstić information content (AvgIpc) is 3.12. The molecule has 0 saturated carbocycles. The van der Waals surface area contributed by atoms with Gasteiger partial charge in [0.25, 0.3) is 0 Å². The lowest BCUT2D eigenvalue weighted by Gasteiger charge is -2.23. The van der Waals surface area contributed by atoms with E-state index in [1.54, 1.807) is 38.4 Å². The van der Waals surface area contributed by atoms with Crippen molar-refractivity contribution in [2.45, 2.75) is 19.9 Å². The van der Waals surface area contributed by atoms with Crippen LogP contribution in [0.15, 0.2) is 46.5 Å². The number of halogens is 1. The Morgan fingerprint density at radius 1 is 1.46 bits per heavy atom. The third-order valence-corrected chi connectivity index (χ3v) is 4.45. The molecule has 2 heterocycles. The molecular weight excluding hydrogens is 329 g/mol. The van der Waals surface area contributed by atoms with Gasteiger partial charge in [-0.05, 0) is 31.0 Å². The lowest BCUT2D eigenvalue weighted by molar-refractivity contribution is -0.138. The Morgan fingerprint density at radius 2 is 2.29 bits per heavy atom. The van der Waals surface area contributed by atoms with Crippen LogP contribution in [0.3, 0.4) is 0 Å². The summed E-state index contributed by atoms with van der Waals surface area (Å²) in [5.41, 5.74) is 1.43. The lowest BCUT2D eigenvalue weighted by atomic mass is 9.94. The molecule has 1 N–H and O–H groups in total. The van der Waals surface area contributed by atoms with Gasteiger partial charge in [-0.3, -0.25) is 4.99 Å². The minimum absolute atomic E-state index is 0.258. The number of hydrogen-bond acceptors (Lipinski definition) is 6. The normalized spacial score (nSPS) is 16.9. The molecular formula is C17H16FN3O2S. The molecule has 0 aliphatic carbocycles. The molecule has 1 aliphatic rings. The van der Waals surface area contributed by atoms with Gasteiger partial charge in [0.1, 0.15) is 11.9 Å². The number of carbonyl (C=O) groups is 1. The van der Waals surface area contributed by atoms with E-state index < -0.39 is 12.0 Å². The molecule has 5 nitrogen and oxygen atoms in total. The highest BCUT2D eigenvalue weighted by Gasteiger charge is 2.29. The number of ether oxygens (including phenoxy) is 1. The van der Waals surface area contributed by atoms with Crippen molar-refractivity contribution in [1.82, 2.24) is 10.3 Å². The van der Waals surface area contributed by atoms with E-state index in [0.29, 0.717) is 27.5 Å². The van der Waals surface area contributed by atoms with E-state index in [4.69, 9.17) is 4.74 Å². The molecule has 24 heavy (non-hydrogen) atoms. The van der Waals surface area contributed by atoms with Gasteiger partial charge in [-0.1, -0.05) is 12.1 Å². The summed E-state index contributed by atoms with van der Waals surface area (Å²) in [4.78, 5) is 21.1. The van der Waals surface area contributed by atoms with Gasteiger partial charge in [0.05, 0.1) is 12.2 Å². The summed E-state index contributed by atoms with van der Waals surface area (Å²) in [7, 11) is 0. The van der Waals surface area contributed by atoms with E-state index in [1.165, 1.54) is 17.4 Å². The van der Waals surface area contributed by atoms with E-state index in [1.807, 2.05) is 5.38 Å². The van der Waals surface area contributed by atoms with Gasteiger partial charge < -0.3 is 10.1 Å². The largest absolute Gasteiger partial charge is 0.463 e. The quantitative estimate of drug-likeness (QED) is 0.865. The molecule has 2 aromatic rings. The van der Waals surface area contributed by atoms with Crippen molar-refractivity contribution in [3.63, 3.8) is 0 Å². The molecule has 0 bridgehead atoms. The predicted molar refractivity (Wildman–Crippen MR) is 90.4 cm³/mol. The van der Waals surface area contributed by atoms with Crippen molar-refractivity contribution >= 4 is 23.1 Å². The van der Waals surface area contributed by atoms with Crippen molar-refractivity contribution in [1.29, 1.82) is 0 Å². The minimum Gasteiger partial charge on any atom is -0.463 e. The number of thiazole rings is 1. The molecule has 1 unspecified atom stereocenters. The van der Waals surface area contributed by atoms with E-state index in [2.05, 4.69) is 15.3 Å². The Balaban J connectivity index is 2.06. The van der Waals surface area contributed by atoms with Crippen LogP contribution in [-0.2, 0) is 9.53 Å². The number of aliphatic imine (C=N–C) groups is 1. The van der Waals surface area contributed by atoms with Gasteiger partial charge in [0.2, 0.25) is 0 Å². The maximum Gasteiger partial charge on any atom is 0.338 e. The highest BCUT2D eigenvalue weighted by molar-refractivity contribution is 7.11. The maximum absolute atomic E-state index is 14.0. The summed E-state index contributed by atoms with van der Waals surface area (Å²) in [6.07, 6.45) is 3.24. The third kappa shape index (κ3) is 3.07. The zero-order valence-electron chi connectivity index (χ0n) is 13.2. The second-order valence-electron chi connectivity index (χ2n) is 5.14. The maximum atomic E-state index is 14.0. The lowest BCUT2D eigenvalue weighted by Crippen LogP contribution is -2.29. The monoisotopic (exact) mass is 345 g/mol. The number of benzene rings is 1. The standard InChI is InChI=1S/C17H16FN3O2S/c1-3-23-17(22)12-9-20-15(16-19-7-8-24-16)21-14(12)11-5-4-6-13(18)10(11)2/h4-9,14H,3H2,1-2H3,(H,20,21). The highest BCUT2D eigenvalue weighted by Crippen LogP contribution is 2.32. The topological polar surface area (TPSA) is 63.6 Å². The van der Waals surface area contributed by atoms with Crippen molar-refractivity contribution in [3.8, 4) is 0 Å². The molecule has 0 amide bonds. The summed E-state index contributed by atoms with van der Waals surface area (Å²) in [5.74, 6) is -0.257. The van der Waals surface area contributed by atoms with Crippen LogP contribution in [0.1, 0.15) is 29.1 Å². The van der Waals surface area contributed by atoms with Crippen LogP contribution >= 0.6 is 11.3 Å². The molecule has 0 radical (unpaired) electrons. The zero-order chi connectivity index (χ0) is 17.1. The molecule has 0 saturated heterocycles. The van der Waals surface area contributed by atoms with Crippen LogP contribution in [0.5, 0.6) is 0 Å². The van der Waals surface area contributed by atoms with Crippen molar-refractivity contribution in [2.75, 3.05) is 6.61 Å². The molecule has 1 aromatic heterocycles. The van der Waals surface area contributed by atoms with Crippen LogP contribution in [0, 0.1) is 12.7 Å². The minimum atomic E-state index is -0.639. The number of nitrogens with zero attached hydrogens (tertiary/aromatic N) is 2. The SMILES string of the molecule is CCOC(=O)C1=CNC(c2nccs2)=NC1c1cccc(F)c1C. The summed E-state index contributed by atoms with van der Waals surface area (Å²) in [6, 6.07) is 4.13. The van der Waals surface area contributed by atoms with Gasteiger partial charge in [-0.15, -0.1) is 11.3 Å². The third-order valence-electron chi connectivity index (χ3n) is 3.67. The average molecular weight is 345 g/mol. The first-order valence-electron chi connectivity index (χ1n) is 7.48. The number of nitrogens with one attached hydrogen (secondary N) is 1. The molecule has 0 fully saturated rings. The summed E-state index contributed by atoms with van der Waals surface area (Å²) >= 11 is 1.43. The van der Waals surface area contributed by atoms with E-state index in [-0.39, 0.29) is 12.4 Å². The van der Waals surface area contributed by atoms with Gasteiger partial charge in [0, 0.05) is 17.8 Å². The highest BCUT2D eigenvalue weighted by atomic mass is 32.1. The fraction of sp³-hybridized carbons (Fsp3) is 0.235. The van der Waals surface area contributed by atoms with Gasteiger partial charge >= 0.3 is 5.97 Å². The van der Waals surface area contributed by atoms with Gasteiger partial charge in [-0.2, -0.15) is 0 Å². The smallest absolute Gasteiger partial charge is 0.338 e. The molecule has 0 spiro atoms. The Kier molecular flexibility index (Phi) is 4.71. The molecule has 3 rings (SSSR count). The van der Waals surface area contributed by atoms with Crippen molar-refractivity contribution in [2.24, 2.45) is 4.99 Å². The van der Waals surface area contributed by atoms with Crippen LogP contribution in [0.2, 0.25) is 0 Å². The fourth-order valence-corrected chi connectivity index (χ4v) is 3.06. The number of hydrogen-bond donors (Lipinski definition) is 1. The van der Waals surface area contributed by atoms with Crippen molar-refractivity contribution in [3.05, 3.63) is 63.5 Å². The summed E-state index contributed by atoms with van der Waals surface area (Å²) < 4.78 is 19.1. The summed E-state index contributed by atoms with van der Waals surface area (Å²) in [5, 5.41) is 5.53. The van der Waals surface area contributed by atoms with Crippen LogP contribution in [-0.4, -0.2) is 23.4 Å². The Morgan fingerprint density at radius 3 is 3.00 bits per heavy atom. The Labute approximate surface area is 142 Å². The molecule has 7 heteroatoms. The van der Waals surface area contributed by atoms with Crippen LogP contribution in [0.25, 0.3) is 0 Å². The number of amidine groups is 1. The molecule has 1 aromatic carbocycles. The molecule has 124 valence electrons. The first-order chi connectivity index (χ1) is 11.6. The first-order valence-corrected chi connectivity index (χ1v) is 8.36. The number of aromatic nitrogens is 1. The second-order valence-corrected chi connectivity index (χ2v) is 6.03. The number of carbonyl (C=O) groups excluding carboxylic acids is 1.